The number of hydrogen-bond donors (Lipinski definition) is 16. The van der Waals surface area contributed by atoms with Crippen molar-refractivity contribution in [2.24, 2.45) is 0 Å². The van der Waals surface area contributed by atoms with Crippen molar-refractivity contribution in [2.75, 3.05) is 6.61 Å². The minimum atomic E-state index is -2.65. The Kier molecular flexibility index (Phi) is 14.4. The molecule has 0 saturated heterocycles. The van der Waals surface area contributed by atoms with Crippen molar-refractivity contribution < 1.29 is 85.6 Å². The molecule has 0 aromatic carbocycles. The van der Waals surface area contributed by atoms with Gasteiger partial charge in [-0.1, -0.05) is 0 Å². The highest BCUT2D eigenvalue weighted by atomic mass is 32.1. The summed E-state index contributed by atoms with van der Waals surface area (Å²) >= 11 is 3.29. The zero-order valence-corrected chi connectivity index (χ0v) is 18.2. The van der Waals surface area contributed by atoms with Gasteiger partial charge in [0, 0.05) is 0 Å². The zero-order chi connectivity index (χ0) is 27.1. The van der Waals surface area contributed by atoms with E-state index in [1.54, 1.807) is 0 Å². The van der Waals surface area contributed by atoms with E-state index < -0.39 is 98.0 Å². The molecule has 17 nitrogen and oxygen atoms in total. The fourth-order valence-electron chi connectivity index (χ4n) is 2.76. The van der Waals surface area contributed by atoms with Crippen molar-refractivity contribution in [1.82, 2.24) is 0 Å². The molecule has 0 aliphatic rings. The van der Waals surface area contributed by atoms with Crippen LogP contribution in [0.3, 0.4) is 0 Å². The van der Waals surface area contributed by atoms with Gasteiger partial charge in [0.2, 0.25) is 0 Å². The monoisotopic (exact) mass is 528 g/mol. The molecule has 0 heterocycles. The molecule has 0 aromatic heterocycles. The SMILES string of the molecule is O=C(O)C(O)C(O)C(O)C(O)C(O)C(O)C(O)C(O)C(O)C(O)C(O)C(O)C(O)C(O)COS. The molecule has 34 heavy (non-hydrogen) atoms. The molecule has 0 radical (unpaired) electrons. The standard InChI is InChI=1S/C16H32O17S/c17-2(1-33-34)3(18)4(19)5(20)6(21)7(22)8(23)9(24)10(25)11(26)12(27)13(28)14(29)15(30)16(31)32/h2-15,17-30,34H,1H2,(H,31,32). The second-order valence-corrected chi connectivity index (χ2v) is 7.79. The fourth-order valence-corrected chi connectivity index (χ4v) is 2.91. The molecular formula is C16H32O17S. The summed E-state index contributed by atoms with van der Waals surface area (Å²) in [5, 5.41) is 145. The first-order valence-corrected chi connectivity index (χ1v) is 9.91. The Bertz CT molecular complexity index is 600. The summed E-state index contributed by atoms with van der Waals surface area (Å²) in [5.41, 5.74) is 0. The van der Waals surface area contributed by atoms with E-state index in [0.717, 1.165) is 0 Å². The normalized spacial score (nSPS) is 24.9. The molecule has 0 bridgehead atoms. The first-order valence-electron chi connectivity index (χ1n) is 9.54. The summed E-state index contributed by atoms with van der Waals surface area (Å²) in [5.74, 6) is -2.02. The maximum atomic E-state index is 10.6. The molecule has 204 valence electrons. The van der Waals surface area contributed by atoms with Crippen LogP contribution in [0, 0.1) is 0 Å². The summed E-state index contributed by atoms with van der Waals surface area (Å²) in [4.78, 5) is 10.6. The number of aliphatic carboxylic acids is 1. The summed E-state index contributed by atoms with van der Waals surface area (Å²) in [6.45, 7) is -0.634. The van der Waals surface area contributed by atoms with Crippen LogP contribution >= 0.6 is 12.9 Å². The minimum absolute atomic E-state index is 0.634. The second kappa shape index (κ2) is 14.7. The molecular weight excluding hydrogens is 496 g/mol. The Labute approximate surface area is 197 Å². The number of carbonyl (C=O) groups is 1. The van der Waals surface area contributed by atoms with Crippen LogP contribution in [-0.4, -0.2) is 175 Å². The highest BCUT2D eigenvalue weighted by Gasteiger charge is 2.46. The molecule has 0 amide bonds. The quantitative estimate of drug-likeness (QED) is 0.0652. The average Bonchev–Trinajstić information content (AvgIpc) is 2.82. The molecule has 14 unspecified atom stereocenters. The molecule has 0 spiro atoms. The van der Waals surface area contributed by atoms with Crippen molar-refractivity contribution in [3.8, 4) is 0 Å². The molecule has 18 heteroatoms. The Morgan fingerprint density at radius 3 is 0.971 bits per heavy atom. The van der Waals surface area contributed by atoms with E-state index in [4.69, 9.17) is 10.2 Å². The number of carboxylic acids is 1. The summed E-state index contributed by atoms with van der Waals surface area (Å²) in [6.07, 6.45) is -34.9. The maximum Gasteiger partial charge on any atom is 0.335 e. The van der Waals surface area contributed by atoms with Crippen LogP contribution in [0.5, 0.6) is 0 Å². The van der Waals surface area contributed by atoms with E-state index in [1.807, 2.05) is 0 Å². The summed E-state index contributed by atoms with van der Waals surface area (Å²) in [6, 6.07) is 0. The predicted octanol–water partition coefficient (Wildman–Crippen LogP) is -9.01. The van der Waals surface area contributed by atoms with Crippen LogP contribution in [0.4, 0.5) is 0 Å². The van der Waals surface area contributed by atoms with Gasteiger partial charge in [0.1, 0.15) is 79.4 Å². The van der Waals surface area contributed by atoms with Crippen LogP contribution in [-0.2, 0) is 8.98 Å². The van der Waals surface area contributed by atoms with Crippen molar-refractivity contribution in [3.63, 3.8) is 0 Å². The molecule has 15 N–H and O–H groups in total. The lowest BCUT2D eigenvalue weighted by Crippen LogP contribution is -2.60. The van der Waals surface area contributed by atoms with E-state index in [9.17, 15) is 71.2 Å². The number of hydrogen-bond acceptors (Lipinski definition) is 17. The molecule has 14 atom stereocenters. The first-order chi connectivity index (χ1) is 15.5. The smallest absolute Gasteiger partial charge is 0.335 e. The maximum absolute atomic E-state index is 10.6. The Hall–Kier alpha value is -0.780. The first kappa shape index (κ1) is 33.2. The number of rotatable bonds is 16. The van der Waals surface area contributed by atoms with Crippen LogP contribution in [0.2, 0.25) is 0 Å². The van der Waals surface area contributed by atoms with Crippen molar-refractivity contribution >= 4 is 18.9 Å². The Morgan fingerprint density at radius 2 is 0.735 bits per heavy atom. The number of carboxylic acid groups (broad SMARTS) is 1. The lowest BCUT2D eigenvalue weighted by atomic mass is 9.88. The molecule has 0 aliphatic heterocycles. The fraction of sp³-hybridized carbons (Fsp3) is 0.938. The topological polar surface area (TPSA) is 330 Å². The van der Waals surface area contributed by atoms with Crippen molar-refractivity contribution in [2.45, 2.75) is 85.5 Å². The van der Waals surface area contributed by atoms with Crippen molar-refractivity contribution in [1.29, 1.82) is 0 Å². The Morgan fingerprint density at radius 1 is 0.500 bits per heavy atom. The van der Waals surface area contributed by atoms with E-state index >= 15 is 0 Å². The largest absolute Gasteiger partial charge is 0.479 e. The highest BCUT2D eigenvalue weighted by Crippen LogP contribution is 2.19. The van der Waals surface area contributed by atoms with Gasteiger partial charge < -0.3 is 80.8 Å². The van der Waals surface area contributed by atoms with Gasteiger partial charge in [-0.15, -0.1) is 0 Å². The molecule has 0 saturated carbocycles. The van der Waals surface area contributed by atoms with E-state index in [0.29, 0.717) is 0 Å². The predicted molar refractivity (Wildman–Crippen MR) is 107 cm³/mol. The Balaban J connectivity index is 5.26. The van der Waals surface area contributed by atoms with Gasteiger partial charge in [0.05, 0.1) is 6.61 Å². The van der Waals surface area contributed by atoms with Crippen LogP contribution in [0.15, 0.2) is 0 Å². The number of thiol groups is 1. The van der Waals surface area contributed by atoms with E-state index in [1.165, 1.54) is 0 Å². The molecule has 0 aromatic rings. The lowest BCUT2D eigenvalue weighted by Gasteiger charge is -2.36. The summed E-state index contributed by atoms with van der Waals surface area (Å²) < 4.78 is 4.21. The third-order valence-corrected chi connectivity index (χ3v) is 5.21. The van der Waals surface area contributed by atoms with E-state index in [-0.39, 0.29) is 0 Å². The highest BCUT2D eigenvalue weighted by molar-refractivity contribution is 7.75. The summed E-state index contributed by atoms with van der Waals surface area (Å²) in [7, 11) is 0. The van der Waals surface area contributed by atoms with Gasteiger partial charge >= 0.3 is 5.97 Å². The number of aliphatic hydroxyl groups is 14. The third-order valence-electron chi connectivity index (χ3n) is 5.07. The molecule has 0 fully saturated rings. The third kappa shape index (κ3) is 8.41. The van der Waals surface area contributed by atoms with Gasteiger partial charge in [0.15, 0.2) is 6.10 Å². The van der Waals surface area contributed by atoms with Crippen LogP contribution < -0.4 is 0 Å². The second-order valence-electron chi connectivity index (χ2n) is 7.53. The zero-order valence-electron chi connectivity index (χ0n) is 17.3. The van der Waals surface area contributed by atoms with Crippen LogP contribution in [0.25, 0.3) is 0 Å². The van der Waals surface area contributed by atoms with E-state index in [2.05, 4.69) is 17.1 Å². The number of aliphatic hydroxyl groups excluding tert-OH is 14. The van der Waals surface area contributed by atoms with Crippen LogP contribution in [0.1, 0.15) is 0 Å². The van der Waals surface area contributed by atoms with Gasteiger partial charge in [-0.2, -0.15) is 0 Å². The van der Waals surface area contributed by atoms with Gasteiger partial charge in [0.25, 0.3) is 0 Å². The minimum Gasteiger partial charge on any atom is -0.479 e. The average molecular weight is 528 g/mol. The van der Waals surface area contributed by atoms with Gasteiger partial charge in [-0.3, -0.25) is 0 Å². The van der Waals surface area contributed by atoms with Crippen molar-refractivity contribution in [3.05, 3.63) is 0 Å². The lowest BCUT2D eigenvalue weighted by molar-refractivity contribution is -0.205. The van der Waals surface area contributed by atoms with Gasteiger partial charge in [-0.25, -0.2) is 4.79 Å². The molecule has 0 rings (SSSR count). The molecule has 0 aliphatic carbocycles. The van der Waals surface area contributed by atoms with Gasteiger partial charge in [-0.05, 0) is 12.9 Å².